The fourth-order valence-corrected chi connectivity index (χ4v) is 4.89. The van der Waals surface area contributed by atoms with Crippen molar-refractivity contribution in [3.63, 3.8) is 0 Å². The van der Waals surface area contributed by atoms with Gasteiger partial charge in [0.05, 0.1) is 18.1 Å². The molecule has 186 valence electrons. The first-order chi connectivity index (χ1) is 16.6. The van der Waals surface area contributed by atoms with Crippen molar-refractivity contribution in [1.29, 1.82) is 0 Å². The molecule has 2 aromatic carbocycles. The summed E-state index contributed by atoms with van der Waals surface area (Å²) in [5, 5.41) is 3.28. The molecule has 1 saturated carbocycles. The number of nitrogens with zero attached hydrogens (tertiary/aromatic N) is 2. The van der Waals surface area contributed by atoms with E-state index in [2.05, 4.69) is 33.2 Å². The van der Waals surface area contributed by atoms with Crippen LogP contribution in [0.25, 0.3) is 17.1 Å². The smallest absolute Gasteiger partial charge is 0.466 e. The standard InChI is InChI=1S/C26H28F3N3O3/c1-16-12-17(2)14-20(13-16)32-23-10-4-18(5-11-24(33)34-3)15-22(23)31-25(32)30-19-6-8-21(9-7-19)35-26(27,28)29/h4-11,15-17,20H,12-14H2,1-3H3,(H,30,31)/b11-5+. The van der Waals surface area contributed by atoms with Crippen molar-refractivity contribution < 1.29 is 27.4 Å². The van der Waals surface area contributed by atoms with Gasteiger partial charge < -0.3 is 19.4 Å². The summed E-state index contributed by atoms with van der Waals surface area (Å²) < 4.78 is 48.3. The summed E-state index contributed by atoms with van der Waals surface area (Å²) in [7, 11) is 1.32. The number of hydrogen-bond acceptors (Lipinski definition) is 5. The van der Waals surface area contributed by atoms with Crippen LogP contribution in [0.3, 0.4) is 0 Å². The van der Waals surface area contributed by atoms with Gasteiger partial charge in [-0.25, -0.2) is 9.78 Å². The molecule has 0 radical (unpaired) electrons. The molecule has 1 aromatic heterocycles. The molecule has 1 fully saturated rings. The number of ether oxygens (including phenoxy) is 2. The Morgan fingerprint density at radius 1 is 1.09 bits per heavy atom. The first kappa shape index (κ1) is 24.6. The van der Waals surface area contributed by atoms with Crippen molar-refractivity contribution in [2.75, 3.05) is 12.4 Å². The van der Waals surface area contributed by atoms with Crippen LogP contribution in [0, 0.1) is 11.8 Å². The predicted octanol–water partition coefficient (Wildman–Crippen LogP) is 6.86. The maximum Gasteiger partial charge on any atom is 0.573 e. The van der Waals surface area contributed by atoms with Crippen LogP contribution in [0.1, 0.15) is 44.7 Å². The summed E-state index contributed by atoms with van der Waals surface area (Å²) in [6.45, 7) is 4.51. The number of fused-ring (bicyclic) bond motifs is 1. The van der Waals surface area contributed by atoms with Crippen molar-refractivity contribution in [3.05, 3.63) is 54.1 Å². The van der Waals surface area contributed by atoms with Crippen LogP contribution < -0.4 is 10.1 Å². The monoisotopic (exact) mass is 487 g/mol. The molecule has 1 aliphatic rings. The number of carbonyl (C=O) groups is 1. The maximum absolute atomic E-state index is 12.5. The molecule has 1 heterocycles. The minimum Gasteiger partial charge on any atom is -0.466 e. The zero-order valence-corrected chi connectivity index (χ0v) is 19.8. The molecule has 3 aromatic rings. The lowest BCUT2D eigenvalue weighted by Gasteiger charge is -2.33. The number of rotatable bonds is 6. The minimum absolute atomic E-state index is 0.227. The van der Waals surface area contributed by atoms with E-state index in [0.717, 1.165) is 29.4 Å². The van der Waals surface area contributed by atoms with E-state index in [-0.39, 0.29) is 11.8 Å². The van der Waals surface area contributed by atoms with Crippen molar-refractivity contribution in [1.82, 2.24) is 9.55 Å². The number of anilines is 2. The van der Waals surface area contributed by atoms with Gasteiger partial charge in [-0.1, -0.05) is 19.9 Å². The second-order valence-electron chi connectivity index (χ2n) is 9.18. The number of hydrogen-bond donors (Lipinski definition) is 1. The molecule has 2 atom stereocenters. The summed E-state index contributed by atoms with van der Waals surface area (Å²) >= 11 is 0. The quantitative estimate of drug-likeness (QED) is 0.304. The topological polar surface area (TPSA) is 65.4 Å². The summed E-state index contributed by atoms with van der Waals surface area (Å²) in [5.41, 5.74) is 3.10. The molecule has 2 unspecified atom stereocenters. The Balaban J connectivity index is 1.70. The van der Waals surface area contributed by atoms with Gasteiger partial charge in [-0.2, -0.15) is 0 Å². The van der Waals surface area contributed by atoms with Crippen molar-refractivity contribution in [3.8, 4) is 5.75 Å². The summed E-state index contributed by atoms with van der Waals surface area (Å²) in [4.78, 5) is 16.3. The Hall–Kier alpha value is -3.49. The highest BCUT2D eigenvalue weighted by atomic mass is 19.4. The van der Waals surface area contributed by atoms with Gasteiger partial charge in [-0.15, -0.1) is 13.2 Å². The normalized spacial score (nSPS) is 20.8. The van der Waals surface area contributed by atoms with E-state index in [0.29, 0.717) is 23.5 Å². The highest BCUT2D eigenvalue weighted by Gasteiger charge is 2.31. The van der Waals surface area contributed by atoms with Gasteiger partial charge in [-0.3, -0.25) is 0 Å². The molecule has 9 heteroatoms. The second-order valence-corrected chi connectivity index (χ2v) is 9.18. The van der Waals surface area contributed by atoms with Crippen LogP contribution in [0.2, 0.25) is 0 Å². The lowest BCUT2D eigenvalue weighted by Crippen LogP contribution is -2.23. The van der Waals surface area contributed by atoms with Crippen LogP contribution in [-0.4, -0.2) is 29.0 Å². The molecule has 6 nitrogen and oxygen atoms in total. The second kappa shape index (κ2) is 10.0. The molecule has 1 aliphatic carbocycles. The number of esters is 1. The third kappa shape index (κ3) is 6.15. The number of alkyl halides is 3. The molecule has 0 amide bonds. The van der Waals surface area contributed by atoms with Crippen LogP contribution in [0.5, 0.6) is 5.75 Å². The molecule has 0 bridgehead atoms. The predicted molar refractivity (Wildman–Crippen MR) is 128 cm³/mol. The van der Waals surface area contributed by atoms with Crippen molar-refractivity contribution in [2.45, 2.75) is 45.5 Å². The average molecular weight is 488 g/mol. The van der Waals surface area contributed by atoms with Gasteiger partial charge in [0.2, 0.25) is 5.95 Å². The van der Waals surface area contributed by atoms with Gasteiger partial charge in [0, 0.05) is 17.8 Å². The van der Waals surface area contributed by atoms with E-state index in [1.807, 2.05) is 18.2 Å². The minimum atomic E-state index is -4.74. The molecule has 0 spiro atoms. The highest BCUT2D eigenvalue weighted by Crippen LogP contribution is 2.40. The summed E-state index contributed by atoms with van der Waals surface area (Å²) in [6, 6.07) is 11.6. The Morgan fingerprint density at radius 3 is 2.40 bits per heavy atom. The number of benzene rings is 2. The van der Waals surface area contributed by atoms with E-state index in [4.69, 9.17) is 4.98 Å². The van der Waals surface area contributed by atoms with E-state index in [1.165, 1.54) is 43.9 Å². The van der Waals surface area contributed by atoms with Crippen molar-refractivity contribution >= 4 is 34.7 Å². The van der Waals surface area contributed by atoms with Crippen molar-refractivity contribution in [2.24, 2.45) is 11.8 Å². The van der Waals surface area contributed by atoms with Gasteiger partial charge in [0.15, 0.2) is 0 Å². The Labute approximate surface area is 201 Å². The maximum atomic E-state index is 12.5. The van der Waals surface area contributed by atoms with Crippen LogP contribution >= 0.6 is 0 Å². The van der Waals surface area contributed by atoms with Crippen LogP contribution in [0.4, 0.5) is 24.8 Å². The van der Waals surface area contributed by atoms with Crippen LogP contribution in [-0.2, 0) is 9.53 Å². The molecular formula is C26H28F3N3O3. The largest absolute Gasteiger partial charge is 0.573 e. The van der Waals surface area contributed by atoms with E-state index in [1.54, 1.807) is 6.08 Å². The van der Waals surface area contributed by atoms with Gasteiger partial charge >= 0.3 is 12.3 Å². The molecule has 35 heavy (non-hydrogen) atoms. The van der Waals surface area contributed by atoms with Gasteiger partial charge in [-0.05, 0) is 79.1 Å². The number of nitrogens with one attached hydrogen (secondary N) is 1. The van der Waals surface area contributed by atoms with Gasteiger partial charge in [0.1, 0.15) is 5.75 Å². The average Bonchev–Trinajstić information content (AvgIpc) is 3.14. The number of carbonyl (C=O) groups excluding carboxylic acids is 1. The lowest BCUT2D eigenvalue weighted by atomic mass is 9.80. The number of imidazole rings is 1. The van der Waals surface area contributed by atoms with E-state index < -0.39 is 12.3 Å². The Bertz CT molecular complexity index is 1210. The molecule has 0 saturated heterocycles. The molecular weight excluding hydrogens is 459 g/mol. The van der Waals surface area contributed by atoms with E-state index >= 15 is 0 Å². The highest BCUT2D eigenvalue weighted by molar-refractivity contribution is 5.88. The molecule has 4 rings (SSSR count). The fraction of sp³-hybridized carbons (Fsp3) is 0.385. The number of halogens is 3. The zero-order valence-electron chi connectivity index (χ0n) is 19.8. The Kier molecular flexibility index (Phi) is 7.05. The summed E-state index contributed by atoms with van der Waals surface area (Å²) in [6.07, 6.45) is 1.47. The lowest BCUT2D eigenvalue weighted by molar-refractivity contribution is -0.274. The molecule has 1 N–H and O–H groups in total. The molecule has 0 aliphatic heterocycles. The fourth-order valence-electron chi connectivity index (χ4n) is 4.89. The zero-order chi connectivity index (χ0) is 25.2. The Morgan fingerprint density at radius 2 is 1.77 bits per heavy atom. The number of aromatic nitrogens is 2. The van der Waals surface area contributed by atoms with E-state index in [9.17, 15) is 18.0 Å². The first-order valence-corrected chi connectivity index (χ1v) is 11.5. The van der Waals surface area contributed by atoms with Gasteiger partial charge in [0.25, 0.3) is 0 Å². The van der Waals surface area contributed by atoms with Crippen LogP contribution in [0.15, 0.2) is 48.5 Å². The third-order valence-electron chi connectivity index (χ3n) is 6.19. The SMILES string of the molecule is COC(=O)/C=C/c1ccc2c(c1)nc(Nc1ccc(OC(F)(F)F)cc1)n2C1CC(C)CC(C)C1. The third-order valence-corrected chi connectivity index (χ3v) is 6.19. The first-order valence-electron chi connectivity index (χ1n) is 11.5. The number of methoxy groups -OCH3 is 1. The summed E-state index contributed by atoms with van der Waals surface area (Å²) in [5.74, 6) is 1.02.